The number of carbonyl (C=O) groups excluding carboxylic acids is 4. The number of hydrogen-bond donors (Lipinski definition) is 15. The molecule has 0 bridgehead atoms. The molecule has 12 atom stereocenters. The maximum Gasteiger partial charge on any atom is 0.253 e. The van der Waals surface area contributed by atoms with E-state index in [4.69, 9.17) is 31.4 Å². The van der Waals surface area contributed by atoms with Gasteiger partial charge < -0.3 is 93.3 Å². The number of amides is 2. The lowest BCUT2D eigenvalue weighted by Gasteiger charge is -2.54. The van der Waals surface area contributed by atoms with Crippen LogP contribution >= 0.6 is 0 Å². The molecular weight excluding hydrogens is 1000 g/mol. The van der Waals surface area contributed by atoms with Crippen LogP contribution in [-0.2, 0) is 27.4 Å². The van der Waals surface area contributed by atoms with Gasteiger partial charge in [0.25, 0.3) is 17.6 Å². The summed E-state index contributed by atoms with van der Waals surface area (Å²) < 4.78 is 17.5. The van der Waals surface area contributed by atoms with Gasteiger partial charge in [0.05, 0.1) is 42.9 Å². The Labute approximate surface area is 440 Å². The fraction of sp³-hybridized carbons (Fsp3) is 0.491. The Morgan fingerprint density at radius 3 is 2.38 bits per heavy atom. The molecule has 10 rings (SSSR count). The van der Waals surface area contributed by atoms with Crippen LogP contribution in [0.3, 0.4) is 0 Å². The van der Waals surface area contributed by atoms with E-state index in [1.54, 1.807) is 6.08 Å². The van der Waals surface area contributed by atoms with Crippen LogP contribution in [0.25, 0.3) is 0 Å². The Hall–Kier alpha value is -6.71. The number of phenols is 1. The van der Waals surface area contributed by atoms with Crippen LogP contribution in [0.5, 0.6) is 17.2 Å². The van der Waals surface area contributed by atoms with Crippen molar-refractivity contribution in [1.29, 1.82) is 0 Å². The number of hydrogen-bond acceptors (Lipinski definition) is 21. The number of rotatable bonds is 14. The summed E-state index contributed by atoms with van der Waals surface area (Å²) in [5, 5.41) is 114. The summed E-state index contributed by atoms with van der Waals surface area (Å²) in [6.45, 7) is -1.38. The van der Waals surface area contributed by atoms with E-state index in [2.05, 4.69) is 20.9 Å². The molecule has 4 aliphatic carbocycles. The van der Waals surface area contributed by atoms with Gasteiger partial charge in [-0.2, -0.15) is 0 Å². The number of carbonyl (C=O) groups is 4. The van der Waals surface area contributed by atoms with E-state index < -0.39 is 131 Å². The highest BCUT2D eigenvalue weighted by Crippen LogP contribution is 2.69. The molecule has 8 aliphatic rings. The number of guanidine groups is 1. The van der Waals surface area contributed by atoms with Crippen molar-refractivity contribution in [2.45, 2.75) is 106 Å². The average molecular weight is 1070 g/mol. The lowest BCUT2D eigenvalue weighted by Crippen LogP contribution is -2.77. The van der Waals surface area contributed by atoms with Gasteiger partial charge >= 0.3 is 0 Å². The number of methoxy groups -OCH3 is 1. The topological polar surface area (TPSA) is 408 Å². The van der Waals surface area contributed by atoms with Crippen molar-refractivity contribution in [3.05, 3.63) is 110 Å². The lowest BCUT2D eigenvalue weighted by molar-refractivity contribution is -0.456. The van der Waals surface area contributed by atoms with E-state index in [1.165, 1.54) is 20.2 Å². The van der Waals surface area contributed by atoms with Crippen LogP contribution in [0.15, 0.2) is 70.7 Å². The molecule has 18 N–H and O–H groups in total. The van der Waals surface area contributed by atoms with E-state index in [1.807, 2.05) is 18.4 Å². The first-order chi connectivity index (χ1) is 36.7. The minimum atomic E-state index is -3.69. The molecule has 2 amide bonds. The summed E-state index contributed by atoms with van der Waals surface area (Å²) >= 11 is 0. The quantitative estimate of drug-likeness (QED) is 0.0354. The molecule has 0 spiro atoms. The maximum atomic E-state index is 15.8. The number of benzene rings is 2. The second-order valence-corrected chi connectivity index (χ2v) is 21.0. The summed E-state index contributed by atoms with van der Waals surface area (Å²) in [7, 11) is 2.69. The summed E-state index contributed by atoms with van der Waals surface area (Å²) in [5.74, 6) is -10.0. The normalized spacial score (nSPS) is 32.6. The van der Waals surface area contributed by atoms with Gasteiger partial charge in [0, 0.05) is 84.7 Å². The van der Waals surface area contributed by atoms with Crippen LogP contribution in [0.2, 0.25) is 0 Å². The Kier molecular flexibility index (Phi) is 13.9. The fourth-order valence-electron chi connectivity index (χ4n) is 13.9. The van der Waals surface area contributed by atoms with Gasteiger partial charge in [0.1, 0.15) is 29.5 Å². The number of allylic oxidation sites excluding steroid dienone is 3. The third-order valence-corrected chi connectivity index (χ3v) is 17.3. The first-order valence-electron chi connectivity index (χ1n) is 25.5. The molecule has 1 saturated carbocycles. The number of ether oxygens (including phenoxy) is 3. The van der Waals surface area contributed by atoms with Crippen LogP contribution in [-0.4, -0.2) is 156 Å². The molecule has 2 fully saturated rings. The van der Waals surface area contributed by atoms with Crippen molar-refractivity contribution < 1.29 is 79.3 Å². The highest BCUT2D eigenvalue weighted by Gasteiger charge is 2.68. The zero-order valence-electron chi connectivity index (χ0n) is 42.2. The summed E-state index contributed by atoms with van der Waals surface area (Å²) in [5.41, 5.74) is 15.6. The SMILES string of the molecule is CN=C(N)N[C@H]1C[C@@H]2CC[C@]3(C4=CNC(N)C=C4)[C@@H](CCO)CCc4c5c(c(O)c1c4[C@H]23)C(=O)c1c(O[C@@H]2O[C@](O)(C(O)O)[C@](O)(C[C@H](CN3C(=O)C=CC3=O)C3=CCNC(N)=C3)[C@H](O)[C@H]2O)cc(OC)c(CO)c1C5=O. The molecule has 77 heavy (non-hydrogen) atoms. The largest absolute Gasteiger partial charge is 0.507 e. The lowest BCUT2D eigenvalue weighted by atomic mass is 9.56. The number of fused-ring (bicyclic) bond motifs is 3. The molecular formula is C53H64N8O16. The van der Waals surface area contributed by atoms with Gasteiger partial charge in [0.2, 0.25) is 18.4 Å². The highest BCUT2D eigenvalue weighted by atomic mass is 16.8. The summed E-state index contributed by atoms with van der Waals surface area (Å²) in [6.07, 6.45) is 1.58. The molecule has 0 aromatic heterocycles. The number of nitrogens with zero attached hydrogens (tertiary/aromatic N) is 2. The van der Waals surface area contributed by atoms with Gasteiger partial charge in [-0.1, -0.05) is 12.2 Å². The number of nitrogens with one attached hydrogen (secondary N) is 3. The molecule has 1 unspecified atom stereocenters. The van der Waals surface area contributed by atoms with E-state index in [0.717, 1.165) is 35.1 Å². The van der Waals surface area contributed by atoms with E-state index >= 15 is 9.59 Å². The monoisotopic (exact) mass is 1070 g/mol. The molecule has 4 heterocycles. The third kappa shape index (κ3) is 8.23. The average Bonchev–Trinajstić information content (AvgIpc) is 4.16. The van der Waals surface area contributed by atoms with E-state index in [-0.39, 0.29) is 71.6 Å². The van der Waals surface area contributed by atoms with E-state index in [9.17, 15) is 55.5 Å². The molecule has 0 radical (unpaired) electrons. The van der Waals surface area contributed by atoms with E-state index in [0.29, 0.717) is 42.4 Å². The van der Waals surface area contributed by atoms with Crippen molar-refractivity contribution in [2.75, 3.05) is 33.9 Å². The number of aliphatic hydroxyl groups is 8. The summed E-state index contributed by atoms with van der Waals surface area (Å²) in [4.78, 5) is 61.9. The second kappa shape index (κ2) is 19.9. The number of ketones is 2. The van der Waals surface area contributed by atoms with Crippen molar-refractivity contribution in [2.24, 2.45) is 45.4 Å². The predicted octanol–water partition coefficient (Wildman–Crippen LogP) is -2.15. The molecule has 1 saturated heterocycles. The molecule has 2 aromatic carbocycles. The van der Waals surface area contributed by atoms with Gasteiger partial charge in [-0.05, 0) is 97.1 Å². The number of aliphatic hydroxyl groups excluding tert-OH is 5. The second-order valence-electron chi connectivity index (χ2n) is 21.0. The minimum Gasteiger partial charge on any atom is -0.507 e. The zero-order valence-corrected chi connectivity index (χ0v) is 42.2. The highest BCUT2D eigenvalue weighted by molar-refractivity contribution is 6.31. The molecule has 2 aromatic rings. The number of phenolic OH excluding ortho intramolecular Hbond substituents is 1. The maximum absolute atomic E-state index is 15.8. The molecule has 24 nitrogen and oxygen atoms in total. The van der Waals surface area contributed by atoms with Crippen LogP contribution in [0.4, 0.5) is 0 Å². The van der Waals surface area contributed by atoms with Crippen molar-refractivity contribution in [3.63, 3.8) is 0 Å². The van der Waals surface area contributed by atoms with Crippen LogP contribution in [0.1, 0.15) is 105 Å². The number of dihydropyridines is 2. The van der Waals surface area contributed by atoms with Crippen LogP contribution < -0.4 is 42.6 Å². The Bertz CT molecular complexity index is 3010. The van der Waals surface area contributed by atoms with Crippen LogP contribution in [0, 0.1) is 23.2 Å². The number of nitrogens with two attached hydrogens (primary N) is 3. The first-order valence-corrected chi connectivity index (χ1v) is 25.5. The fourth-order valence-corrected chi connectivity index (χ4v) is 13.9. The number of aromatic hydroxyl groups is 1. The van der Waals surface area contributed by atoms with Crippen molar-refractivity contribution in [1.82, 2.24) is 20.9 Å². The third-order valence-electron chi connectivity index (χ3n) is 17.3. The van der Waals surface area contributed by atoms with Crippen molar-refractivity contribution >= 4 is 29.3 Å². The summed E-state index contributed by atoms with van der Waals surface area (Å²) in [6, 6.07) is 0.318. The zero-order chi connectivity index (χ0) is 55.2. The molecule has 412 valence electrons. The predicted molar refractivity (Wildman–Crippen MR) is 270 cm³/mol. The Morgan fingerprint density at radius 2 is 1.74 bits per heavy atom. The van der Waals surface area contributed by atoms with Crippen molar-refractivity contribution in [3.8, 4) is 17.2 Å². The number of aliphatic imine (C=N–C) groups is 1. The van der Waals surface area contributed by atoms with Gasteiger partial charge in [-0.25, -0.2) is 0 Å². The minimum absolute atomic E-state index is 0.0391. The van der Waals surface area contributed by atoms with Gasteiger partial charge in [0.15, 0.2) is 17.3 Å². The van der Waals surface area contributed by atoms with Gasteiger partial charge in [-0.3, -0.25) is 29.1 Å². The Morgan fingerprint density at radius 1 is 1.01 bits per heavy atom. The smallest absolute Gasteiger partial charge is 0.253 e. The standard InChI is InChI=1S/C53H64N8O16/c1-57-50(56)60-29-15-23-9-12-51(26-4-6-32(54)59-19-26)25(11-14-62)3-5-27-36(42(23)51)39(29)44(67)41-37(27)43(66)38-28(21-63)30(75-2)17-31(40(38)45(41)68)76-48-46(69)47(70)52(73,53(74,77-48)49(71)72)18-24(22-10-13-58-33(55)16-22)20-61-34(64)7-8-35(61)65/h4,6-8,10,16-17,19,23-25,29,32,42,46-49,58-59,62-63,67,69-74H,3,5,9,11-15,18,20-21,54-55H2,1-2H3,(H3,56,57,60)/t23-,24+,25+,29-,32?,42-,46+,47+,48+,51+,52-,53+/m0/s1. The molecule has 24 heteroatoms. The van der Waals surface area contributed by atoms with Gasteiger partial charge in [-0.15, -0.1) is 0 Å². The first kappa shape index (κ1) is 53.7. The Balaban J connectivity index is 1.10. The number of imide groups is 1. The molecule has 4 aliphatic heterocycles.